The van der Waals surface area contributed by atoms with Gasteiger partial charge in [0.15, 0.2) is 11.6 Å². The average molecular weight is 555 g/mol. The number of nitrogens with zero attached hydrogens (tertiary/aromatic N) is 2. The van der Waals surface area contributed by atoms with Crippen LogP contribution >= 0.6 is 15.9 Å². The quantitative estimate of drug-likeness (QED) is 0.391. The summed E-state index contributed by atoms with van der Waals surface area (Å²) in [6.07, 6.45) is -7.13. The second-order valence-electron chi connectivity index (χ2n) is 6.32. The van der Waals surface area contributed by atoms with Gasteiger partial charge in [-0.15, -0.1) is 0 Å². The molecule has 0 saturated heterocycles. The third-order valence-electron chi connectivity index (χ3n) is 3.85. The number of alkyl halides is 6. The van der Waals surface area contributed by atoms with E-state index in [2.05, 4.69) is 31.2 Å². The van der Waals surface area contributed by atoms with E-state index >= 15 is 0 Å². The van der Waals surface area contributed by atoms with E-state index in [0.717, 1.165) is 18.5 Å². The summed E-state index contributed by atoms with van der Waals surface area (Å²) >= 11 is 3.09. The molecule has 0 bridgehead atoms. The summed E-state index contributed by atoms with van der Waals surface area (Å²) in [4.78, 5) is 18.4. The Hall–Kier alpha value is -3.42. The number of hydrogen-bond acceptors (Lipinski definition) is 5. The highest BCUT2D eigenvalue weighted by Crippen LogP contribution is 2.30. The van der Waals surface area contributed by atoms with Crippen molar-refractivity contribution in [3.05, 3.63) is 76.0 Å². The smallest absolute Gasteiger partial charge is 0.433 e. The number of hydrogen-bond donors (Lipinski definition) is 2. The number of ether oxygens (including phenoxy) is 1. The predicted octanol–water partition coefficient (Wildman–Crippen LogP) is 5.95. The third kappa shape index (κ3) is 7.30. The van der Waals surface area contributed by atoms with Gasteiger partial charge in [-0.3, -0.25) is 14.8 Å². The van der Waals surface area contributed by atoms with E-state index in [1.807, 2.05) is 0 Å². The molecule has 34 heavy (non-hydrogen) atoms. The third-order valence-corrected chi connectivity index (χ3v) is 4.31. The first-order valence-electron chi connectivity index (χ1n) is 8.88. The molecule has 3 rings (SSSR count). The Kier molecular flexibility index (Phi) is 8.42. The highest BCUT2D eigenvalue weighted by atomic mass is 79.9. The van der Waals surface area contributed by atoms with Crippen molar-refractivity contribution in [3.63, 3.8) is 0 Å². The molecule has 0 saturated carbocycles. The monoisotopic (exact) mass is 554 g/mol. The Bertz CT molecular complexity index is 1170. The van der Waals surface area contributed by atoms with Gasteiger partial charge in [0.1, 0.15) is 11.4 Å². The molecule has 0 aliphatic heterocycles. The van der Waals surface area contributed by atoms with Gasteiger partial charge in [-0.05, 0) is 36.4 Å². The minimum absolute atomic E-state index is 0.0623. The van der Waals surface area contributed by atoms with E-state index in [1.54, 1.807) is 0 Å². The molecule has 0 fully saturated rings. The standard InChI is InChI=1S/C14H9BrF4N2O2.C6H5F3N2/c1-23-10-5-7(15)4-9(12(10)16)13(22)21-8-2-3-20-11(6-8)14(17,18)19;7-6(8,9)5-3-4(10)1-2-11-5/h2-6H,1H3,(H,20,21,22);1-3H,(H2,10,11). The molecule has 6 nitrogen and oxygen atoms in total. The molecule has 2 aromatic heterocycles. The normalized spacial score (nSPS) is 11.3. The maximum absolute atomic E-state index is 14.1. The average Bonchev–Trinajstić information content (AvgIpc) is 2.74. The van der Waals surface area contributed by atoms with E-state index in [-0.39, 0.29) is 22.7 Å². The van der Waals surface area contributed by atoms with Gasteiger partial charge in [0.2, 0.25) is 0 Å². The van der Waals surface area contributed by atoms with Crippen LogP contribution in [0.15, 0.2) is 53.3 Å². The fraction of sp³-hybridized carbons (Fsp3) is 0.150. The van der Waals surface area contributed by atoms with Crippen LogP contribution in [0.1, 0.15) is 21.7 Å². The number of amides is 1. The highest BCUT2D eigenvalue weighted by Gasteiger charge is 2.33. The van der Waals surface area contributed by atoms with Gasteiger partial charge >= 0.3 is 12.4 Å². The molecule has 0 radical (unpaired) electrons. The summed E-state index contributed by atoms with van der Waals surface area (Å²) < 4.78 is 92.6. The zero-order valence-corrected chi connectivity index (χ0v) is 18.5. The summed E-state index contributed by atoms with van der Waals surface area (Å²) in [5.74, 6) is -2.00. The predicted molar refractivity (Wildman–Crippen MR) is 111 cm³/mol. The van der Waals surface area contributed by atoms with Gasteiger partial charge in [0.25, 0.3) is 5.91 Å². The van der Waals surface area contributed by atoms with E-state index in [1.165, 1.54) is 31.4 Å². The van der Waals surface area contributed by atoms with Crippen LogP contribution in [0.5, 0.6) is 5.75 Å². The minimum atomic E-state index is -4.65. The van der Waals surface area contributed by atoms with Gasteiger partial charge in [-0.25, -0.2) is 4.39 Å². The first kappa shape index (κ1) is 26.8. The number of nitrogens with two attached hydrogens (primary N) is 1. The molecule has 0 aliphatic rings. The molecule has 0 spiro atoms. The van der Waals surface area contributed by atoms with Crippen molar-refractivity contribution in [1.29, 1.82) is 0 Å². The lowest BCUT2D eigenvalue weighted by atomic mass is 10.1. The van der Waals surface area contributed by atoms with E-state index in [0.29, 0.717) is 10.5 Å². The molecule has 3 aromatic rings. The summed E-state index contributed by atoms with van der Waals surface area (Å²) in [6.45, 7) is 0. The minimum Gasteiger partial charge on any atom is -0.494 e. The van der Waals surface area contributed by atoms with Gasteiger partial charge in [0.05, 0.1) is 12.7 Å². The van der Waals surface area contributed by atoms with Crippen LogP contribution in [-0.4, -0.2) is 23.0 Å². The van der Waals surface area contributed by atoms with Gasteiger partial charge in [-0.2, -0.15) is 26.3 Å². The Morgan fingerprint density at radius 1 is 0.971 bits per heavy atom. The van der Waals surface area contributed by atoms with Crippen LogP contribution in [-0.2, 0) is 12.4 Å². The molecule has 1 aromatic carbocycles. The molecule has 1 amide bonds. The molecule has 182 valence electrons. The maximum atomic E-state index is 14.1. The lowest BCUT2D eigenvalue weighted by Crippen LogP contribution is -2.16. The van der Waals surface area contributed by atoms with Crippen LogP contribution in [0.3, 0.4) is 0 Å². The maximum Gasteiger partial charge on any atom is 0.433 e. The summed E-state index contributed by atoms with van der Waals surface area (Å²) in [5.41, 5.74) is 2.52. The highest BCUT2D eigenvalue weighted by molar-refractivity contribution is 9.10. The van der Waals surface area contributed by atoms with Crippen molar-refractivity contribution < 1.29 is 40.3 Å². The number of benzene rings is 1. The fourth-order valence-corrected chi connectivity index (χ4v) is 2.78. The number of nitrogen functional groups attached to an aromatic ring is 1. The van der Waals surface area contributed by atoms with Gasteiger partial charge in [0, 0.05) is 28.2 Å². The Balaban J connectivity index is 0.000000310. The van der Waals surface area contributed by atoms with E-state index < -0.39 is 35.5 Å². The van der Waals surface area contributed by atoms with Crippen LogP contribution in [0.25, 0.3) is 0 Å². The summed E-state index contributed by atoms with van der Waals surface area (Å²) in [5, 5.41) is 2.19. The summed E-state index contributed by atoms with van der Waals surface area (Å²) in [7, 11) is 1.23. The summed E-state index contributed by atoms with van der Waals surface area (Å²) in [6, 6.07) is 6.43. The largest absolute Gasteiger partial charge is 0.494 e. The lowest BCUT2D eigenvalue weighted by Gasteiger charge is -2.11. The van der Waals surface area contributed by atoms with E-state index in [9.17, 15) is 35.5 Å². The van der Waals surface area contributed by atoms with Crippen molar-refractivity contribution in [2.24, 2.45) is 0 Å². The van der Waals surface area contributed by atoms with Crippen molar-refractivity contribution in [3.8, 4) is 5.75 Å². The first-order valence-corrected chi connectivity index (χ1v) is 9.68. The molecule has 0 unspecified atom stereocenters. The van der Waals surface area contributed by atoms with Crippen LogP contribution in [0.4, 0.5) is 42.1 Å². The first-order chi connectivity index (χ1) is 15.7. The number of carbonyl (C=O) groups excluding carboxylic acids is 1. The number of anilines is 2. The van der Waals surface area contributed by atoms with Crippen molar-refractivity contribution in [2.45, 2.75) is 12.4 Å². The lowest BCUT2D eigenvalue weighted by molar-refractivity contribution is -0.141. The number of nitrogens with one attached hydrogen (secondary N) is 1. The second-order valence-corrected chi connectivity index (χ2v) is 7.24. The Labute approximate surface area is 196 Å². The number of methoxy groups -OCH3 is 1. The van der Waals surface area contributed by atoms with Crippen molar-refractivity contribution in [1.82, 2.24) is 9.97 Å². The zero-order chi connectivity index (χ0) is 25.7. The van der Waals surface area contributed by atoms with Crippen molar-refractivity contribution in [2.75, 3.05) is 18.2 Å². The topological polar surface area (TPSA) is 90.1 Å². The number of aromatic nitrogens is 2. The van der Waals surface area contributed by atoms with E-state index in [4.69, 9.17) is 10.5 Å². The van der Waals surface area contributed by atoms with Gasteiger partial charge in [-0.1, -0.05) is 15.9 Å². The Morgan fingerprint density at radius 3 is 2.03 bits per heavy atom. The molecular weight excluding hydrogens is 541 g/mol. The fourth-order valence-electron chi connectivity index (χ4n) is 2.34. The number of pyridine rings is 2. The van der Waals surface area contributed by atoms with Crippen molar-refractivity contribution >= 4 is 33.2 Å². The molecule has 0 aliphatic carbocycles. The second kappa shape index (κ2) is 10.7. The molecular formula is C20H14BrF7N4O2. The van der Waals surface area contributed by atoms with Gasteiger partial charge < -0.3 is 15.8 Å². The van der Waals surface area contributed by atoms with Crippen LogP contribution in [0, 0.1) is 5.82 Å². The molecule has 14 heteroatoms. The zero-order valence-electron chi connectivity index (χ0n) is 16.9. The van der Waals surface area contributed by atoms with Crippen LogP contribution in [0.2, 0.25) is 0 Å². The molecule has 3 N–H and O–H groups in total. The number of rotatable bonds is 3. The number of halogens is 8. The van der Waals surface area contributed by atoms with Crippen LogP contribution < -0.4 is 15.8 Å². The molecule has 0 atom stereocenters. The molecule has 2 heterocycles. The SMILES string of the molecule is COc1cc(Br)cc(C(=O)Nc2ccnc(C(F)(F)F)c2)c1F.Nc1ccnc(C(F)(F)F)c1. The Morgan fingerprint density at radius 2 is 1.53 bits per heavy atom. The number of carbonyl (C=O) groups is 1.